The van der Waals surface area contributed by atoms with Crippen molar-refractivity contribution in [3.8, 4) is 5.82 Å². The van der Waals surface area contributed by atoms with E-state index >= 15 is 0 Å². The van der Waals surface area contributed by atoms with Crippen LogP contribution in [0.5, 0.6) is 0 Å². The predicted octanol–water partition coefficient (Wildman–Crippen LogP) is 4.94. The SMILES string of the molecule is Cc1nn(-c2ccc(Nc3ccc(NC(=O)c4ccc(Br)o4)cc3)nn2)c(C)c1C. The molecular formula is C21H19BrN6O2. The summed E-state index contributed by atoms with van der Waals surface area (Å²) in [5.41, 5.74) is 4.63. The predicted molar refractivity (Wildman–Crippen MR) is 117 cm³/mol. The lowest BCUT2D eigenvalue weighted by Gasteiger charge is -2.08. The van der Waals surface area contributed by atoms with Gasteiger partial charge in [-0.15, -0.1) is 10.2 Å². The number of hydrogen-bond donors (Lipinski definition) is 2. The summed E-state index contributed by atoms with van der Waals surface area (Å²) in [5, 5.41) is 19.0. The van der Waals surface area contributed by atoms with Crippen molar-refractivity contribution in [1.82, 2.24) is 20.0 Å². The summed E-state index contributed by atoms with van der Waals surface area (Å²) >= 11 is 3.18. The van der Waals surface area contributed by atoms with Gasteiger partial charge in [-0.3, -0.25) is 4.79 Å². The van der Waals surface area contributed by atoms with Crippen molar-refractivity contribution < 1.29 is 9.21 Å². The highest BCUT2D eigenvalue weighted by Crippen LogP contribution is 2.20. The van der Waals surface area contributed by atoms with Crippen molar-refractivity contribution in [3.05, 3.63) is 75.9 Å². The molecule has 2 N–H and O–H groups in total. The van der Waals surface area contributed by atoms with Crippen molar-refractivity contribution in [3.63, 3.8) is 0 Å². The number of aryl methyl sites for hydroxylation is 1. The summed E-state index contributed by atoms with van der Waals surface area (Å²) in [7, 11) is 0. The highest BCUT2D eigenvalue weighted by Gasteiger charge is 2.12. The van der Waals surface area contributed by atoms with Gasteiger partial charge in [-0.1, -0.05) is 0 Å². The van der Waals surface area contributed by atoms with Crippen LogP contribution in [0.4, 0.5) is 17.2 Å². The van der Waals surface area contributed by atoms with Crippen LogP contribution in [0.3, 0.4) is 0 Å². The van der Waals surface area contributed by atoms with Crippen LogP contribution < -0.4 is 10.6 Å². The lowest BCUT2D eigenvalue weighted by Crippen LogP contribution is -2.10. The van der Waals surface area contributed by atoms with E-state index in [1.165, 1.54) is 0 Å². The number of hydrogen-bond acceptors (Lipinski definition) is 6. The Hall–Kier alpha value is -3.46. The Morgan fingerprint density at radius 2 is 1.70 bits per heavy atom. The fourth-order valence-corrected chi connectivity index (χ4v) is 3.17. The summed E-state index contributed by atoms with van der Waals surface area (Å²) in [6.07, 6.45) is 0. The molecule has 0 saturated heterocycles. The van der Waals surface area contributed by atoms with Crippen molar-refractivity contribution >= 4 is 39.0 Å². The normalized spacial score (nSPS) is 10.8. The Morgan fingerprint density at radius 1 is 0.967 bits per heavy atom. The third-order valence-corrected chi connectivity index (χ3v) is 5.16. The Balaban J connectivity index is 1.42. The van der Waals surface area contributed by atoms with E-state index in [0.717, 1.165) is 22.6 Å². The molecule has 0 spiro atoms. The van der Waals surface area contributed by atoms with E-state index in [1.54, 1.807) is 28.9 Å². The molecule has 0 atom stereocenters. The Kier molecular flexibility index (Phi) is 5.37. The molecular weight excluding hydrogens is 448 g/mol. The number of carbonyl (C=O) groups excluding carboxylic acids is 1. The van der Waals surface area contributed by atoms with E-state index < -0.39 is 0 Å². The van der Waals surface area contributed by atoms with Gasteiger partial charge < -0.3 is 15.1 Å². The van der Waals surface area contributed by atoms with Gasteiger partial charge in [0, 0.05) is 17.1 Å². The smallest absolute Gasteiger partial charge is 0.291 e. The lowest BCUT2D eigenvalue weighted by molar-refractivity contribution is 0.0995. The standard InChI is InChI=1S/C21H19BrN6O2/c1-12-13(2)27-28(14(12)3)20-11-10-19(25-26-20)23-15-4-6-16(7-5-15)24-21(29)17-8-9-18(22)30-17/h4-11H,1-3H3,(H,23,25)(H,24,29). The third-order valence-electron chi connectivity index (χ3n) is 4.73. The maximum atomic E-state index is 12.1. The Bertz CT molecular complexity index is 1200. The Morgan fingerprint density at radius 3 is 2.27 bits per heavy atom. The number of benzene rings is 1. The van der Waals surface area contributed by atoms with Gasteiger partial charge in [-0.25, -0.2) is 4.68 Å². The van der Waals surface area contributed by atoms with E-state index in [0.29, 0.717) is 22.0 Å². The molecule has 0 aliphatic carbocycles. The molecule has 1 amide bonds. The molecule has 152 valence electrons. The summed E-state index contributed by atoms with van der Waals surface area (Å²) in [5.74, 6) is 1.19. The largest absolute Gasteiger partial charge is 0.444 e. The van der Waals surface area contributed by atoms with Crippen molar-refractivity contribution in [2.45, 2.75) is 20.8 Å². The topological polar surface area (TPSA) is 97.9 Å². The third kappa shape index (κ3) is 4.11. The number of anilines is 3. The molecule has 0 aliphatic rings. The first-order chi connectivity index (χ1) is 14.4. The second-order valence-corrected chi connectivity index (χ2v) is 7.53. The molecule has 4 aromatic rings. The fourth-order valence-electron chi connectivity index (χ4n) is 2.86. The zero-order valence-corrected chi connectivity index (χ0v) is 18.2. The number of nitrogens with one attached hydrogen (secondary N) is 2. The molecule has 3 aromatic heterocycles. The maximum absolute atomic E-state index is 12.1. The van der Waals surface area contributed by atoms with Crippen molar-refractivity contribution in [1.29, 1.82) is 0 Å². The van der Waals surface area contributed by atoms with Gasteiger partial charge >= 0.3 is 0 Å². The maximum Gasteiger partial charge on any atom is 0.291 e. The van der Waals surface area contributed by atoms with Gasteiger partial charge in [0.15, 0.2) is 22.1 Å². The summed E-state index contributed by atoms with van der Waals surface area (Å²) in [6.45, 7) is 6.02. The number of aromatic nitrogens is 4. The second kappa shape index (κ2) is 8.11. The Labute approximate surface area is 181 Å². The van der Waals surface area contributed by atoms with Gasteiger partial charge in [0.05, 0.1) is 5.69 Å². The van der Waals surface area contributed by atoms with E-state index in [1.807, 2.05) is 45.0 Å². The molecule has 0 aliphatic heterocycles. The number of nitrogens with zero attached hydrogens (tertiary/aromatic N) is 4. The van der Waals surface area contributed by atoms with Crippen LogP contribution in [-0.2, 0) is 0 Å². The minimum atomic E-state index is -0.317. The van der Waals surface area contributed by atoms with Gasteiger partial charge in [0.2, 0.25) is 0 Å². The van der Waals surface area contributed by atoms with Gasteiger partial charge in [-0.2, -0.15) is 5.10 Å². The molecule has 9 heteroatoms. The van der Waals surface area contributed by atoms with E-state index in [2.05, 4.69) is 41.9 Å². The second-order valence-electron chi connectivity index (χ2n) is 6.74. The minimum Gasteiger partial charge on any atom is -0.444 e. The molecule has 0 fully saturated rings. The summed E-state index contributed by atoms with van der Waals surface area (Å²) in [4.78, 5) is 12.1. The number of amides is 1. The van der Waals surface area contributed by atoms with Crippen LogP contribution in [0.25, 0.3) is 5.82 Å². The fraction of sp³-hybridized carbons (Fsp3) is 0.143. The molecule has 0 bridgehead atoms. The molecule has 30 heavy (non-hydrogen) atoms. The average molecular weight is 467 g/mol. The molecule has 0 saturated carbocycles. The quantitative estimate of drug-likeness (QED) is 0.432. The van der Waals surface area contributed by atoms with E-state index in [-0.39, 0.29) is 11.7 Å². The first-order valence-corrected chi connectivity index (χ1v) is 10.0. The van der Waals surface area contributed by atoms with Crippen LogP contribution >= 0.6 is 15.9 Å². The van der Waals surface area contributed by atoms with Gasteiger partial charge in [-0.05, 0) is 90.8 Å². The molecule has 0 unspecified atom stereocenters. The number of furan rings is 1. The van der Waals surface area contributed by atoms with Crippen LogP contribution in [-0.4, -0.2) is 25.9 Å². The van der Waals surface area contributed by atoms with Gasteiger partial charge in [0.25, 0.3) is 5.91 Å². The van der Waals surface area contributed by atoms with E-state index in [4.69, 9.17) is 4.42 Å². The highest BCUT2D eigenvalue weighted by molar-refractivity contribution is 9.10. The first kappa shape index (κ1) is 19.8. The summed E-state index contributed by atoms with van der Waals surface area (Å²) in [6, 6.07) is 14.2. The van der Waals surface area contributed by atoms with Crippen LogP contribution in [0.2, 0.25) is 0 Å². The first-order valence-electron chi connectivity index (χ1n) is 9.21. The molecule has 1 aromatic carbocycles. The number of halogens is 1. The number of rotatable bonds is 5. The van der Waals surface area contributed by atoms with Crippen molar-refractivity contribution in [2.24, 2.45) is 0 Å². The molecule has 0 radical (unpaired) electrons. The molecule has 8 nitrogen and oxygen atoms in total. The van der Waals surface area contributed by atoms with Crippen molar-refractivity contribution in [2.75, 3.05) is 10.6 Å². The molecule has 3 heterocycles. The van der Waals surface area contributed by atoms with Gasteiger partial charge in [0.1, 0.15) is 0 Å². The monoisotopic (exact) mass is 466 g/mol. The zero-order chi connectivity index (χ0) is 21.3. The highest BCUT2D eigenvalue weighted by atomic mass is 79.9. The van der Waals surface area contributed by atoms with Crippen LogP contribution in [0, 0.1) is 20.8 Å². The lowest BCUT2D eigenvalue weighted by atomic mass is 10.2. The van der Waals surface area contributed by atoms with Crippen LogP contribution in [0.15, 0.2) is 57.6 Å². The number of carbonyl (C=O) groups is 1. The molecule has 4 rings (SSSR count). The van der Waals surface area contributed by atoms with Crippen LogP contribution in [0.1, 0.15) is 27.5 Å². The minimum absolute atomic E-state index is 0.234. The average Bonchev–Trinajstić information content (AvgIpc) is 3.29. The zero-order valence-electron chi connectivity index (χ0n) is 16.6. The van der Waals surface area contributed by atoms with E-state index in [9.17, 15) is 4.79 Å². The summed E-state index contributed by atoms with van der Waals surface area (Å²) < 4.78 is 7.54.